The minimum atomic E-state index is 0.313. The van der Waals surface area contributed by atoms with Gasteiger partial charge in [0.2, 0.25) is 0 Å². The Balaban J connectivity index is 1.88. The number of hydrazine groups is 1. The Labute approximate surface area is 126 Å². The van der Waals surface area contributed by atoms with Gasteiger partial charge in [0.15, 0.2) is 11.6 Å². The van der Waals surface area contributed by atoms with Crippen LogP contribution >= 0.6 is 11.3 Å². The third-order valence-corrected chi connectivity index (χ3v) is 4.26. The van der Waals surface area contributed by atoms with E-state index in [0.717, 1.165) is 22.4 Å². The molecular formula is C15H16N4OS. The summed E-state index contributed by atoms with van der Waals surface area (Å²) < 4.78 is 5.68. The Morgan fingerprint density at radius 2 is 2.05 bits per heavy atom. The first-order chi connectivity index (χ1) is 10.3. The molecule has 0 amide bonds. The zero-order chi connectivity index (χ0) is 14.7. The molecule has 3 N–H and O–H groups in total. The van der Waals surface area contributed by atoms with Gasteiger partial charge in [0.25, 0.3) is 0 Å². The lowest BCUT2D eigenvalue weighted by Crippen LogP contribution is -2.11. The topological polar surface area (TPSA) is 73.1 Å². The first-order valence-corrected chi connectivity index (χ1v) is 7.55. The van der Waals surface area contributed by atoms with Crippen molar-refractivity contribution in [3.8, 4) is 5.75 Å². The molecule has 0 fully saturated rings. The van der Waals surface area contributed by atoms with Crippen LogP contribution in [0.3, 0.4) is 0 Å². The fraction of sp³-hybridized carbons (Fsp3) is 0.200. The number of nitrogen functional groups attached to an aromatic ring is 1. The van der Waals surface area contributed by atoms with Crippen molar-refractivity contribution in [1.29, 1.82) is 0 Å². The number of benzene rings is 1. The summed E-state index contributed by atoms with van der Waals surface area (Å²) in [5, 5.41) is 0.961. The molecule has 6 heteroatoms. The van der Waals surface area contributed by atoms with E-state index in [4.69, 9.17) is 10.6 Å². The summed E-state index contributed by atoms with van der Waals surface area (Å²) in [7, 11) is 0. The van der Waals surface area contributed by atoms with Gasteiger partial charge in [0, 0.05) is 4.88 Å². The molecule has 0 unspecified atom stereocenters. The number of nitrogens with two attached hydrogens (primary N) is 1. The molecule has 3 rings (SSSR count). The van der Waals surface area contributed by atoms with Crippen LogP contribution in [0, 0.1) is 0 Å². The minimum Gasteiger partial charge on any atom is -0.486 e. The maximum absolute atomic E-state index is 5.68. The van der Waals surface area contributed by atoms with Crippen molar-refractivity contribution in [2.24, 2.45) is 5.84 Å². The van der Waals surface area contributed by atoms with E-state index in [0.29, 0.717) is 18.2 Å². The van der Waals surface area contributed by atoms with E-state index in [-0.39, 0.29) is 0 Å². The Kier molecular flexibility index (Phi) is 3.98. The van der Waals surface area contributed by atoms with E-state index < -0.39 is 0 Å². The van der Waals surface area contributed by atoms with E-state index in [1.807, 2.05) is 30.3 Å². The second-order valence-electron chi connectivity index (χ2n) is 4.52. The summed E-state index contributed by atoms with van der Waals surface area (Å²) in [5.74, 6) is 7.62. The van der Waals surface area contributed by atoms with Crippen molar-refractivity contribution >= 4 is 27.4 Å². The van der Waals surface area contributed by atoms with Gasteiger partial charge in [-0.3, -0.25) is 0 Å². The zero-order valence-corrected chi connectivity index (χ0v) is 12.5. The van der Waals surface area contributed by atoms with Gasteiger partial charge in [0.05, 0.1) is 5.39 Å². The average molecular weight is 300 g/mol. The molecule has 0 spiro atoms. The van der Waals surface area contributed by atoms with E-state index >= 15 is 0 Å². The molecule has 5 nitrogen and oxygen atoms in total. The average Bonchev–Trinajstić information content (AvgIpc) is 2.96. The largest absolute Gasteiger partial charge is 0.486 e. The van der Waals surface area contributed by atoms with Crippen molar-refractivity contribution in [2.75, 3.05) is 5.43 Å². The summed E-state index contributed by atoms with van der Waals surface area (Å²) >= 11 is 1.66. The Morgan fingerprint density at radius 1 is 1.24 bits per heavy atom. The lowest BCUT2D eigenvalue weighted by molar-refractivity contribution is 0.296. The van der Waals surface area contributed by atoms with Crippen LogP contribution in [0.15, 0.2) is 36.4 Å². The molecule has 2 heterocycles. The number of aromatic nitrogens is 2. The number of ether oxygens (including phenoxy) is 1. The second kappa shape index (κ2) is 6.07. The Bertz CT molecular complexity index is 742. The first kappa shape index (κ1) is 13.8. The summed E-state index contributed by atoms with van der Waals surface area (Å²) in [5.41, 5.74) is 2.65. The number of nitrogens with one attached hydrogen (secondary N) is 1. The number of aryl methyl sites for hydroxylation is 1. The third kappa shape index (κ3) is 2.96. The molecule has 0 saturated carbocycles. The van der Waals surface area contributed by atoms with Crippen LogP contribution in [0.25, 0.3) is 10.2 Å². The van der Waals surface area contributed by atoms with Crippen LogP contribution in [-0.2, 0) is 13.0 Å². The molecule has 3 aromatic rings. The molecule has 108 valence electrons. The highest BCUT2D eigenvalue weighted by atomic mass is 32.1. The highest BCUT2D eigenvalue weighted by Crippen LogP contribution is 2.29. The van der Waals surface area contributed by atoms with Gasteiger partial charge in [-0.25, -0.2) is 15.8 Å². The van der Waals surface area contributed by atoms with Crippen molar-refractivity contribution in [1.82, 2.24) is 9.97 Å². The van der Waals surface area contributed by atoms with Gasteiger partial charge in [0.1, 0.15) is 17.2 Å². The van der Waals surface area contributed by atoms with E-state index in [2.05, 4.69) is 28.4 Å². The number of hydrogen-bond donors (Lipinski definition) is 2. The monoisotopic (exact) mass is 300 g/mol. The number of rotatable bonds is 5. The van der Waals surface area contributed by atoms with E-state index in [9.17, 15) is 0 Å². The normalized spacial score (nSPS) is 10.8. The number of fused-ring (bicyclic) bond motifs is 1. The molecule has 0 radical (unpaired) electrons. The molecule has 2 aromatic heterocycles. The summed E-state index contributed by atoms with van der Waals surface area (Å²) in [6.45, 7) is 2.43. The second-order valence-corrected chi connectivity index (χ2v) is 5.63. The fourth-order valence-corrected chi connectivity index (χ4v) is 3.01. The summed E-state index contributed by atoms with van der Waals surface area (Å²) in [4.78, 5) is 11.2. The molecule has 1 aromatic carbocycles. The van der Waals surface area contributed by atoms with Crippen LogP contribution < -0.4 is 16.0 Å². The van der Waals surface area contributed by atoms with E-state index in [1.54, 1.807) is 11.3 Å². The maximum Gasteiger partial charge on any atom is 0.169 e. The van der Waals surface area contributed by atoms with Gasteiger partial charge in [-0.15, -0.1) is 11.3 Å². The van der Waals surface area contributed by atoms with Crippen molar-refractivity contribution in [2.45, 2.75) is 20.0 Å². The van der Waals surface area contributed by atoms with Gasteiger partial charge >= 0.3 is 0 Å². The van der Waals surface area contributed by atoms with Crippen molar-refractivity contribution in [3.63, 3.8) is 0 Å². The fourth-order valence-electron chi connectivity index (χ4n) is 2.03. The summed E-state index contributed by atoms with van der Waals surface area (Å²) in [6.07, 6.45) is 0.973. The maximum atomic E-state index is 5.68. The number of thiophene rings is 1. The van der Waals surface area contributed by atoms with Crippen LogP contribution in [0.1, 0.15) is 17.6 Å². The van der Waals surface area contributed by atoms with Crippen LogP contribution in [0.4, 0.5) is 5.82 Å². The molecule has 0 bridgehead atoms. The minimum absolute atomic E-state index is 0.313. The molecule has 0 aliphatic heterocycles. The number of para-hydroxylation sites is 1. The lowest BCUT2D eigenvalue weighted by Gasteiger charge is -2.07. The standard InChI is InChI=1S/C15H16N4OS/c1-2-11-8-12-14(19-16)17-13(18-15(12)21-11)9-20-10-6-4-3-5-7-10/h3-8H,2,9,16H2,1H3,(H,17,18,19). The number of nitrogens with zero attached hydrogens (tertiary/aromatic N) is 2. The van der Waals surface area contributed by atoms with Crippen molar-refractivity contribution < 1.29 is 4.74 Å². The van der Waals surface area contributed by atoms with Gasteiger partial charge in [-0.1, -0.05) is 25.1 Å². The van der Waals surface area contributed by atoms with Crippen LogP contribution in [0.2, 0.25) is 0 Å². The molecular weight excluding hydrogens is 284 g/mol. The lowest BCUT2D eigenvalue weighted by atomic mass is 10.3. The number of hydrogen-bond acceptors (Lipinski definition) is 6. The highest BCUT2D eigenvalue weighted by Gasteiger charge is 2.11. The SMILES string of the molecule is CCc1cc2c(NN)nc(COc3ccccc3)nc2s1. The van der Waals surface area contributed by atoms with Gasteiger partial charge in [-0.05, 0) is 24.6 Å². The Hall–Kier alpha value is -2.18. The summed E-state index contributed by atoms with van der Waals surface area (Å²) in [6, 6.07) is 11.7. The third-order valence-electron chi connectivity index (χ3n) is 3.09. The number of anilines is 1. The predicted molar refractivity (Wildman–Crippen MR) is 85.4 cm³/mol. The molecule has 0 aliphatic rings. The van der Waals surface area contributed by atoms with Gasteiger partial charge in [-0.2, -0.15) is 0 Å². The van der Waals surface area contributed by atoms with Crippen LogP contribution in [0.5, 0.6) is 5.75 Å². The molecule has 0 atom stereocenters. The predicted octanol–water partition coefficient (Wildman–Crippen LogP) is 3.12. The van der Waals surface area contributed by atoms with Crippen molar-refractivity contribution in [3.05, 3.63) is 47.1 Å². The first-order valence-electron chi connectivity index (χ1n) is 6.74. The van der Waals surface area contributed by atoms with Gasteiger partial charge < -0.3 is 10.2 Å². The quantitative estimate of drug-likeness (QED) is 0.559. The van der Waals surface area contributed by atoms with Crippen LogP contribution in [-0.4, -0.2) is 9.97 Å². The Morgan fingerprint density at radius 3 is 2.76 bits per heavy atom. The highest BCUT2D eigenvalue weighted by molar-refractivity contribution is 7.18. The molecule has 0 aliphatic carbocycles. The van der Waals surface area contributed by atoms with E-state index in [1.165, 1.54) is 4.88 Å². The smallest absolute Gasteiger partial charge is 0.169 e. The molecule has 0 saturated heterocycles. The zero-order valence-electron chi connectivity index (χ0n) is 11.7. The molecule has 21 heavy (non-hydrogen) atoms.